The number of thioether (sulfide) groups is 1. The number of carbonyl (C=O) groups excluding carboxylic acids is 1. The fourth-order valence-corrected chi connectivity index (χ4v) is 3.40. The van der Waals surface area contributed by atoms with Gasteiger partial charge in [0.05, 0.1) is 11.8 Å². The summed E-state index contributed by atoms with van der Waals surface area (Å²) in [5.74, 6) is 1.12. The predicted octanol–water partition coefficient (Wildman–Crippen LogP) is 1.65. The summed E-state index contributed by atoms with van der Waals surface area (Å²) in [6.45, 7) is 4.48. The minimum Gasteiger partial charge on any atom is -0.340 e. The van der Waals surface area contributed by atoms with E-state index < -0.39 is 0 Å². The molecule has 2 heterocycles. The summed E-state index contributed by atoms with van der Waals surface area (Å²) in [6, 6.07) is 2.23. The average molecular weight is 308 g/mol. The molecule has 0 aliphatic carbocycles. The number of rotatable bonds is 6. The standard InChI is InChI=1S/C15H24N4OS/c1-4-13(21-3)15(20)19-9-6-12(10-19)18(2)11-14-16-7-5-8-17-14/h5,7-8,12-13H,4,6,9-11H2,1-3H3. The Hall–Kier alpha value is -1.14. The Morgan fingerprint density at radius 2 is 2.24 bits per heavy atom. The minimum atomic E-state index is 0.103. The van der Waals surface area contributed by atoms with E-state index in [0.717, 1.165) is 38.3 Å². The van der Waals surface area contributed by atoms with E-state index >= 15 is 0 Å². The first kappa shape index (κ1) is 16.2. The van der Waals surface area contributed by atoms with Gasteiger partial charge in [-0.15, -0.1) is 0 Å². The van der Waals surface area contributed by atoms with E-state index in [1.54, 1.807) is 24.2 Å². The number of likely N-dealkylation sites (N-methyl/N-ethyl adjacent to an activating group) is 1. The Morgan fingerprint density at radius 1 is 1.52 bits per heavy atom. The number of aromatic nitrogens is 2. The van der Waals surface area contributed by atoms with Crippen LogP contribution in [-0.2, 0) is 11.3 Å². The van der Waals surface area contributed by atoms with Gasteiger partial charge in [-0.25, -0.2) is 9.97 Å². The zero-order valence-corrected chi connectivity index (χ0v) is 13.8. The summed E-state index contributed by atoms with van der Waals surface area (Å²) < 4.78 is 0. The molecule has 1 fully saturated rings. The number of hydrogen-bond acceptors (Lipinski definition) is 5. The van der Waals surface area contributed by atoms with Gasteiger partial charge >= 0.3 is 0 Å². The third kappa shape index (κ3) is 4.17. The van der Waals surface area contributed by atoms with Gasteiger partial charge in [0.1, 0.15) is 5.82 Å². The maximum atomic E-state index is 12.4. The number of hydrogen-bond donors (Lipinski definition) is 0. The zero-order valence-electron chi connectivity index (χ0n) is 13.0. The van der Waals surface area contributed by atoms with Crippen molar-refractivity contribution in [3.05, 3.63) is 24.3 Å². The van der Waals surface area contributed by atoms with Crippen molar-refractivity contribution in [1.82, 2.24) is 19.8 Å². The highest BCUT2D eigenvalue weighted by atomic mass is 32.2. The Balaban J connectivity index is 1.88. The van der Waals surface area contributed by atoms with Gasteiger partial charge in [-0.2, -0.15) is 11.8 Å². The molecule has 21 heavy (non-hydrogen) atoms. The second kappa shape index (κ2) is 7.75. The maximum absolute atomic E-state index is 12.4. The summed E-state index contributed by atoms with van der Waals surface area (Å²) in [5, 5.41) is 0.103. The summed E-state index contributed by atoms with van der Waals surface area (Å²) in [4.78, 5) is 25.2. The van der Waals surface area contributed by atoms with Gasteiger partial charge in [-0.3, -0.25) is 9.69 Å². The van der Waals surface area contributed by atoms with Crippen molar-refractivity contribution < 1.29 is 4.79 Å². The molecule has 5 nitrogen and oxygen atoms in total. The van der Waals surface area contributed by atoms with E-state index in [0.29, 0.717) is 6.04 Å². The first-order chi connectivity index (χ1) is 10.2. The van der Waals surface area contributed by atoms with Gasteiger partial charge in [0.2, 0.25) is 5.91 Å². The van der Waals surface area contributed by atoms with Crippen LogP contribution in [0.25, 0.3) is 0 Å². The summed E-state index contributed by atoms with van der Waals surface area (Å²) in [6.07, 6.45) is 7.48. The number of likely N-dealkylation sites (tertiary alicyclic amines) is 1. The van der Waals surface area contributed by atoms with Gasteiger partial charge in [0.15, 0.2) is 0 Å². The fraction of sp³-hybridized carbons (Fsp3) is 0.667. The van der Waals surface area contributed by atoms with Crippen molar-refractivity contribution in [1.29, 1.82) is 0 Å². The van der Waals surface area contributed by atoms with Crippen LogP contribution in [0.5, 0.6) is 0 Å². The van der Waals surface area contributed by atoms with E-state index in [2.05, 4.69) is 28.8 Å². The van der Waals surface area contributed by atoms with Crippen molar-refractivity contribution >= 4 is 17.7 Å². The quantitative estimate of drug-likeness (QED) is 0.800. The van der Waals surface area contributed by atoms with Crippen molar-refractivity contribution in [3.63, 3.8) is 0 Å². The van der Waals surface area contributed by atoms with Crippen LogP contribution >= 0.6 is 11.8 Å². The van der Waals surface area contributed by atoms with E-state index in [1.807, 2.05) is 17.2 Å². The lowest BCUT2D eigenvalue weighted by Gasteiger charge is -2.25. The zero-order chi connectivity index (χ0) is 15.2. The normalized spacial score (nSPS) is 20.0. The van der Waals surface area contributed by atoms with Crippen molar-refractivity contribution in [2.24, 2.45) is 0 Å². The molecule has 116 valence electrons. The first-order valence-corrected chi connectivity index (χ1v) is 8.72. The third-order valence-corrected chi connectivity index (χ3v) is 5.14. The number of carbonyl (C=O) groups is 1. The molecule has 1 aliphatic heterocycles. The van der Waals surface area contributed by atoms with Gasteiger partial charge in [-0.05, 0) is 32.2 Å². The SMILES string of the molecule is CCC(SC)C(=O)N1CCC(N(C)Cc2ncccn2)C1. The molecular weight excluding hydrogens is 284 g/mol. The summed E-state index contributed by atoms with van der Waals surface area (Å²) in [5.41, 5.74) is 0. The molecular formula is C15H24N4OS. The van der Waals surface area contributed by atoms with Crippen molar-refractivity contribution in [3.8, 4) is 0 Å². The maximum Gasteiger partial charge on any atom is 0.235 e. The van der Waals surface area contributed by atoms with Crippen LogP contribution < -0.4 is 0 Å². The van der Waals surface area contributed by atoms with Crippen LogP contribution in [0.1, 0.15) is 25.6 Å². The molecule has 0 aromatic carbocycles. The van der Waals surface area contributed by atoms with Crippen LogP contribution in [0.4, 0.5) is 0 Å². The highest BCUT2D eigenvalue weighted by Gasteiger charge is 2.31. The average Bonchev–Trinajstić information content (AvgIpc) is 2.99. The third-order valence-electron chi connectivity index (χ3n) is 4.04. The van der Waals surface area contributed by atoms with E-state index in [1.165, 1.54) is 0 Å². The lowest BCUT2D eigenvalue weighted by Crippen LogP contribution is -2.39. The van der Waals surface area contributed by atoms with Crippen LogP contribution in [0.15, 0.2) is 18.5 Å². The first-order valence-electron chi connectivity index (χ1n) is 7.43. The molecule has 2 unspecified atom stereocenters. The van der Waals surface area contributed by atoms with Gasteiger partial charge < -0.3 is 4.90 Å². The van der Waals surface area contributed by atoms with E-state index in [4.69, 9.17) is 0 Å². The second-order valence-electron chi connectivity index (χ2n) is 5.44. The highest BCUT2D eigenvalue weighted by molar-refractivity contribution is 7.99. The molecule has 1 aromatic heterocycles. The summed E-state index contributed by atoms with van der Waals surface area (Å²) in [7, 11) is 2.08. The molecule has 1 aliphatic rings. The van der Waals surface area contributed by atoms with Crippen LogP contribution in [0, 0.1) is 0 Å². The number of amides is 1. The second-order valence-corrected chi connectivity index (χ2v) is 6.48. The van der Waals surface area contributed by atoms with Crippen LogP contribution in [0.2, 0.25) is 0 Å². The molecule has 0 saturated carbocycles. The molecule has 2 atom stereocenters. The lowest BCUT2D eigenvalue weighted by molar-refractivity contribution is -0.129. The highest BCUT2D eigenvalue weighted by Crippen LogP contribution is 2.21. The molecule has 6 heteroatoms. The largest absolute Gasteiger partial charge is 0.340 e. The van der Waals surface area contributed by atoms with Crippen LogP contribution in [0.3, 0.4) is 0 Å². The Labute approximate surface area is 131 Å². The van der Waals surface area contributed by atoms with Gasteiger partial charge in [0.25, 0.3) is 0 Å². The molecule has 0 radical (unpaired) electrons. The van der Waals surface area contributed by atoms with E-state index in [-0.39, 0.29) is 11.2 Å². The molecule has 2 rings (SSSR count). The van der Waals surface area contributed by atoms with Gasteiger partial charge in [0, 0.05) is 31.5 Å². The van der Waals surface area contributed by atoms with E-state index in [9.17, 15) is 4.79 Å². The molecule has 0 N–H and O–H groups in total. The molecule has 0 spiro atoms. The van der Waals surface area contributed by atoms with Crippen molar-refractivity contribution in [2.45, 2.75) is 37.6 Å². The monoisotopic (exact) mass is 308 g/mol. The Bertz CT molecular complexity index is 452. The van der Waals surface area contributed by atoms with Crippen molar-refractivity contribution in [2.75, 3.05) is 26.4 Å². The molecule has 1 saturated heterocycles. The Kier molecular flexibility index (Phi) is 5.99. The Morgan fingerprint density at radius 3 is 2.86 bits per heavy atom. The molecule has 0 bridgehead atoms. The smallest absolute Gasteiger partial charge is 0.235 e. The minimum absolute atomic E-state index is 0.103. The topological polar surface area (TPSA) is 49.3 Å². The molecule has 1 amide bonds. The van der Waals surface area contributed by atoms with Crippen LogP contribution in [-0.4, -0.2) is 63.4 Å². The summed E-state index contributed by atoms with van der Waals surface area (Å²) >= 11 is 1.65. The number of nitrogens with zero attached hydrogens (tertiary/aromatic N) is 4. The lowest BCUT2D eigenvalue weighted by atomic mass is 10.2. The predicted molar refractivity (Wildman–Crippen MR) is 86.1 cm³/mol. The fourth-order valence-electron chi connectivity index (χ4n) is 2.71. The molecule has 1 aromatic rings. The van der Waals surface area contributed by atoms with Gasteiger partial charge in [-0.1, -0.05) is 6.92 Å².